The van der Waals surface area contributed by atoms with Crippen molar-refractivity contribution >= 4 is 0 Å². The molecule has 10 heavy (non-hydrogen) atoms. The lowest BCUT2D eigenvalue weighted by Crippen LogP contribution is -1.93. The van der Waals surface area contributed by atoms with Crippen LogP contribution in [0, 0.1) is 0 Å². The molecule has 0 aromatic heterocycles. The van der Waals surface area contributed by atoms with E-state index in [4.69, 9.17) is 0 Å². The van der Waals surface area contributed by atoms with Gasteiger partial charge in [0.25, 0.3) is 0 Å². The summed E-state index contributed by atoms with van der Waals surface area (Å²) in [5, 5.41) is 0. The van der Waals surface area contributed by atoms with Crippen LogP contribution < -0.4 is 12.3 Å². The molecule has 0 atom stereocenters. The quantitative estimate of drug-likeness (QED) is 0.510. The van der Waals surface area contributed by atoms with E-state index in [-0.39, 0.29) is 12.3 Å². The van der Waals surface area contributed by atoms with Gasteiger partial charge in [0.05, 0.1) is 0 Å². The van der Waals surface area contributed by atoms with Gasteiger partial charge in [-0.2, -0.15) is 0 Å². The van der Waals surface area contributed by atoms with Crippen molar-refractivity contribution in [1.29, 1.82) is 0 Å². The predicted octanol–water partition coefficient (Wildman–Crippen LogP) is 3.00. The number of allylic oxidation sites excluding steroid dienone is 2. The van der Waals surface area contributed by atoms with Crippen molar-refractivity contribution in [3.05, 3.63) is 24.3 Å². The Morgan fingerprint density at radius 2 is 0.900 bits per heavy atom. The van der Waals surface area contributed by atoms with E-state index >= 15 is 0 Å². The van der Waals surface area contributed by atoms with Gasteiger partial charge in [-0.15, -0.1) is 0 Å². The first-order valence-electron chi connectivity index (χ1n) is 3.12. The number of rotatable bonds is 0. The Labute approximate surface area is 63.2 Å². The predicted molar refractivity (Wildman–Crippen MR) is 46.8 cm³/mol. The molecule has 0 aliphatic heterocycles. The molecule has 60 valence electrons. The molecule has 0 aromatic carbocycles. The van der Waals surface area contributed by atoms with Gasteiger partial charge in [-0.1, -0.05) is 24.3 Å². The van der Waals surface area contributed by atoms with Crippen molar-refractivity contribution in [2.45, 2.75) is 25.7 Å². The highest BCUT2D eigenvalue weighted by molar-refractivity contribution is 5.09. The van der Waals surface area contributed by atoms with Crippen LogP contribution in [0.2, 0.25) is 0 Å². The Hall–Kier alpha value is -0.600. The van der Waals surface area contributed by atoms with E-state index in [1.54, 1.807) is 0 Å². The molecular weight excluding hydrogens is 124 g/mol. The average molecular weight is 142 g/mol. The first-order chi connectivity index (χ1) is 3.79. The van der Waals surface area contributed by atoms with Crippen LogP contribution in [0.3, 0.4) is 0 Å². The Balaban J connectivity index is 0. The summed E-state index contributed by atoms with van der Waals surface area (Å²) in [6.45, 7) is 7.82. The Bertz CT molecular complexity index is 99.2. The second-order valence-electron chi connectivity index (χ2n) is 2.50. The molecule has 6 N–H and O–H groups in total. The molecule has 2 heteroatoms. The molecule has 1 rings (SSSR count). The zero-order valence-electron chi connectivity index (χ0n) is 6.66. The van der Waals surface area contributed by atoms with Gasteiger partial charge in [0.1, 0.15) is 0 Å². The van der Waals surface area contributed by atoms with Crippen LogP contribution >= 0.6 is 0 Å². The molecular formula is C8H18N2. The van der Waals surface area contributed by atoms with Crippen LogP contribution in [-0.2, 0) is 0 Å². The van der Waals surface area contributed by atoms with Crippen molar-refractivity contribution in [1.82, 2.24) is 12.3 Å². The van der Waals surface area contributed by atoms with Crippen LogP contribution in [0.4, 0.5) is 0 Å². The summed E-state index contributed by atoms with van der Waals surface area (Å²) in [7, 11) is 0. The molecule has 0 aromatic rings. The summed E-state index contributed by atoms with van der Waals surface area (Å²) in [5.41, 5.74) is 2.80. The van der Waals surface area contributed by atoms with Crippen LogP contribution in [-0.4, -0.2) is 0 Å². The minimum Gasteiger partial charge on any atom is -0.344 e. The van der Waals surface area contributed by atoms with Crippen LogP contribution in [0.25, 0.3) is 0 Å². The van der Waals surface area contributed by atoms with Gasteiger partial charge in [0.15, 0.2) is 0 Å². The Kier molecular flexibility index (Phi) is 6.31. The summed E-state index contributed by atoms with van der Waals surface area (Å²) in [5.74, 6) is 0. The van der Waals surface area contributed by atoms with Gasteiger partial charge in [-0.25, -0.2) is 0 Å². The topological polar surface area (TPSA) is 70.0 Å². The fourth-order valence-electron chi connectivity index (χ4n) is 0.957. The third-order valence-corrected chi connectivity index (χ3v) is 1.66. The molecule has 0 bridgehead atoms. The van der Waals surface area contributed by atoms with Gasteiger partial charge in [-0.3, -0.25) is 0 Å². The summed E-state index contributed by atoms with van der Waals surface area (Å²) < 4.78 is 0. The standard InChI is InChI=1S/C8H12.2H3N/c1-7-3-5-8(2)6-4-7;;/h1-6H2;2*1H3. The molecule has 0 amide bonds. The molecule has 1 fully saturated rings. The fourth-order valence-corrected chi connectivity index (χ4v) is 0.957. The SMILES string of the molecule is C=C1CCC(=C)CC1.N.N. The zero-order chi connectivity index (χ0) is 5.98. The van der Waals surface area contributed by atoms with Gasteiger partial charge in [0.2, 0.25) is 0 Å². The van der Waals surface area contributed by atoms with E-state index in [0.717, 1.165) is 0 Å². The second-order valence-corrected chi connectivity index (χ2v) is 2.50. The Morgan fingerprint density at radius 1 is 0.700 bits per heavy atom. The van der Waals surface area contributed by atoms with Crippen molar-refractivity contribution in [3.8, 4) is 0 Å². The van der Waals surface area contributed by atoms with Crippen LogP contribution in [0.1, 0.15) is 25.7 Å². The van der Waals surface area contributed by atoms with Crippen molar-refractivity contribution in [2.75, 3.05) is 0 Å². The number of hydrogen-bond donors (Lipinski definition) is 2. The van der Waals surface area contributed by atoms with E-state index in [1.807, 2.05) is 0 Å². The monoisotopic (exact) mass is 142 g/mol. The minimum absolute atomic E-state index is 0. The highest BCUT2D eigenvalue weighted by Crippen LogP contribution is 2.24. The summed E-state index contributed by atoms with van der Waals surface area (Å²) in [4.78, 5) is 0. The van der Waals surface area contributed by atoms with E-state index in [1.165, 1.54) is 36.8 Å². The maximum atomic E-state index is 3.91. The summed E-state index contributed by atoms with van der Waals surface area (Å²) in [6, 6.07) is 0. The summed E-state index contributed by atoms with van der Waals surface area (Å²) in [6.07, 6.45) is 4.72. The number of hydrogen-bond acceptors (Lipinski definition) is 2. The van der Waals surface area contributed by atoms with Crippen LogP contribution in [0.5, 0.6) is 0 Å². The lowest BCUT2D eigenvalue weighted by Gasteiger charge is -2.13. The van der Waals surface area contributed by atoms with E-state index in [2.05, 4.69) is 13.2 Å². The van der Waals surface area contributed by atoms with Gasteiger partial charge >= 0.3 is 0 Å². The van der Waals surface area contributed by atoms with Gasteiger partial charge < -0.3 is 12.3 Å². The van der Waals surface area contributed by atoms with E-state index in [0.29, 0.717) is 0 Å². The molecule has 0 heterocycles. The fraction of sp³-hybridized carbons (Fsp3) is 0.500. The van der Waals surface area contributed by atoms with Crippen molar-refractivity contribution in [3.63, 3.8) is 0 Å². The van der Waals surface area contributed by atoms with E-state index in [9.17, 15) is 0 Å². The maximum Gasteiger partial charge on any atom is -0.0286 e. The smallest absolute Gasteiger partial charge is 0.0286 e. The molecule has 0 spiro atoms. The Morgan fingerprint density at radius 3 is 1.10 bits per heavy atom. The van der Waals surface area contributed by atoms with Crippen molar-refractivity contribution in [2.24, 2.45) is 0 Å². The molecule has 1 saturated carbocycles. The summed E-state index contributed by atoms with van der Waals surface area (Å²) >= 11 is 0. The zero-order valence-corrected chi connectivity index (χ0v) is 6.66. The first kappa shape index (κ1) is 12.1. The highest BCUT2D eigenvalue weighted by Gasteiger charge is 2.04. The normalized spacial score (nSPS) is 17.2. The second kappa shape index (κ2) is 5.21. The maximum absolute atomic E-state index is 3.91. The lowest BCUT2D eigenvalue weighted by atomic mass is 9.93. The van der Waals surface area contributed by atoms with Gasteiger partial charge in [0, 0.05) is 0 Å². The molecule has 0 unspecified atom stereocenters. The highest BCUT2D eigenvalue weighted by atomic mass is 14.1. The molecule has 0 radical (unpaired) electrons. The van der Waals surface area contributed by atoms with Gasteiger partial charge in [-0.05, 0) is 25.7 Å². The first-order valence-corrected chi connectivity index (χ1v) is 3.12. The van der Waals surface area contributed by atoms with Crippen molar-refractivity contribution < 1.29 is 0 Å². The molecule has 0 saturated heterocycles. The third-order valence-electron chi connectivity index (χ3n) is 1.66. The lowest BCUT2D eigenvalue weighted by molar-refractivity contribution is 0.735. The van der Waals surface area contributed by atoms with E-state index < -0.39 is 0 Å². The minimum atomic E-state index is 0. The third kappa shape index (κ3) is 3.43. The molecule has 1 aliphatic carbocycles. The molecule has 1 aliphatic rings. The molecule has 2 nitrogen and oxygen atoms in total. The van der Waals surface area contributed by atoms with Crippen LogP contribution in [0.15, 0.2) is 24.3 Å². The average Bonchev–Trinajstić information content (AvgIpc) is 1.77. The largest absolute Gasteiger partial charge is 0.344 e.